The van der Waals surface area contributed by atoms with Crippen LogP contribution in [0.25, 0.3) is 0 Å². The molecule has 0 bridgehead atoms. The third-order valence-corrected chi connectivity index (χ3v) is 4.28. The van der Waals surface area contributed by atoms with E-state index in [9.17, 15) is 0 Å². The van der Waals surface area contributed by atoms with Gasteiger partial charge in [-0.05, 0) is 64.7 Å². The Hall–Kier alpha value is -0.0800. The molecule has 15 heavy (non-hydrogen) atoms. The van der Waals surface area contributed by atoms with Crippen molar-refractivity contribution in [3.63, 3.8) is 0 Å². The molecular weight excluding hydrogens is 184 g/mol. The highest BCUT2D eigenvalue weighted by molar-refractivity contribution is 4.77. The van der Waals surface area contributed by atoms with Crippen LogP contribution in [0.3, 0.4) is 0 Å². The quantitative estimate of drug-likeness (QED) is 0.765. The summed E-state index contributed by atoms with van der Waals surface area (Å²) >= 11 is 0. The van der Waals surface area contributed by atoms with Gasteiger partial charge in [-0.25, -0.2) is 0 Å². The minimum absolute atomic E-state index is 0.909. The molecule has 2 heteroatoms. The first-order valence-corrected chi connectivity index (χ1v) is 6.77. The largest absolute Gasteiger partial charge is 0.317 e. The summed E-state index contributed by atoms with van der Waals surface area (Å²) in [5.74, 6) is 1.03. The van der Waals surface area contributed by atoms with Crippen LogP contribution in [0.2, 0.25) is 0 Å². The van der Waals surface area contributed by atoms with Crippen LogP contribution in [0.15, 0.2) is 0 Å². The molecule has 2 fully saturated rings. The maximum absolute atomic E-state index is 3.45. The molecule has 2 aliphatic rings. The predicted octanol–water partition coefficient (Wildman–Crippen LogP) is 2.25. The van der Waals surface area contributed by atoms with Crippen LogP contribution in [0.1, 0.15) is 44.9 Å². The van der Waals surface area contributed by atoms with Gasteiger partial charge in [-0.15, -0.1) is 0 Å². The lowest BCUT2D eigenvalue weighted by molar-refractivity contribution is 0.274. The number of likely N-dealkylation sites (tertiary alicyclic amines) is 1. The van der Waals surface area contributed by atoms with Crippen LogP contribution in [-0.2, 0) is 0 Å². The molecule has 2 heterocycles. The summed E-state index contributed by atoms with van der Waals surface area (Å²) in [6.07, 6.45) is 10.1. The number of piperidine rings is 1. The van der Waals surface area contributed by atoms with Crippen LogP contribution in [0.5, 0.6) is 0 Å². The van der Waals surface area contributed by atoms with Gasteiger partial charge in [0.15, 0.2) is 0 Å². The second-order valence-electron chi connectivity index (χ2n) is 5.40. The Morgan fingerprint density at radius 2 is 1.93 bits per heavy atom. The van der Waals surface area contributed by atoms with E-state index in [1.54, 1.807) is 0 Å². The Kier molecular flexibility index (Phi) is 4.45. The highest BCUT2D eigenvalue weighted by Crippen LogP contribution is 2.23. The minimum atomic E-state index is 0.909. The zero-order valence-corrected chi connectivity index (χ0v) is 10.2. The van der Waals surface area contributed by atoms with Crippen molar-refractivity contribution < 1.29 is 0 Å². The van der Waals surface area contributed by atoms with Crippen LogP contribution in [-0.4, -0.2) is 37.6 Å². The number of hydrogen-bond acceptors (Lipinski definition) is 2. The van der Waals surface area contributed by atoms with Crippen molar-refractivity contribution in [1.29, 1.82) is 0 Å². The van der Waals surface area contributed by atoms with E-state index in [2.05, 4.69) is 17.3 Å². The van der Waals surface area contributed by atoms with E-state index in [0.29, 0.717) is 0 Å². The second-order valence-corrected chi connectivity index (χ2v) is 5.40. The number of hydrogen-bond donors (Lipinski definition) is 1. The monoisotopic (exact) mass is 210 g/mol. The summed E-state index contributed by atoms with van der Waals surface area (Å²) in [6, 6.07) is 0.909. The third kappa shape index (κ3) is 3.46. The standard InChI is InChI=1S/C13H26N2/c1-15-11-3-6-13(15)5-2-4-12-7-9-14-10-8-12/h12-14H,2-11H2,1H3. The Labute approximate surface area is 94.4 Å². The normalized spacial score (nSPS) is 29.8. The third-order valence-electron chi connectivity index (χ3n) is 4.28. The molecule has 0 aromatic carbocycles. The van der Waals surface area contributed by atoms with Gasteiger partial charge in [0.1, 0.15) is 0 Å². The van der Waals surface area contributed by atoms with Crippen molar-refractivity contribution in [3.8, 4) is 0 Å². The fraction of sp³-hybridized carbons (Fsp3) is 1.00. The molecule has 88 valence electrons. The molecule has 2 saturated heterocycles. The SMILES string of the molecule is CN1CCCC1CCCC1CCNCC1. The lowest BCUT2D eigenvalue weighted by atomic mass is 9.91. The summed E-state index contributed by atoms with van der Waals surface area (Å²) in [5.41, 5.74) is 0. The lowest BCUT2D eigenvalue weighted by Crippen LogP contribution is -2.28. The fourth-order valence-electron chi connectivity index (χ4n) is 3.16. The van der Waals surface area contributed by atoms with E-state index in [4.69, 9.17) is 0 Å². The van der Waals surface area contributed by atoms with E-state index in [1.165, 1.54) is 64.6 Å². The molecule has 0 radical (unpaired) electrons. The van der Waals surface area contributed by atoms with Crippen LogP contribution >= 0.6 is 0 Å². The van der Waals surface area contributed by atoms with E-state index in [0.717, 1.165) is 12.0 Å². The van der Waals surface area contributed by atoms with Gasteiger partial charge >= 0.3 is 0 Å². The molecule has 0 aliphatic carbocycles. The first kappa shape index (κ1) is 11.4. The van der Waals surface area contributed by atoms with Gasteiger partial charge in [0.05, 0.1) is 0 Å². The summed E-state index contributed by atoms with van der Waals surface area (Å²) in [6.45, 7) is 3.85. The lowest BCUT2D eigenvalue weighted by Gasteiger charge is -2.24. The van der Waals surface area contributed by atoms with E-state index in [1.807, 2.05) is 0 Å². The Morgan fingerprint density at radius 3 is 2.60 bits per heavy atom. The van der Waals surface area contributed by atoms with Crippen molar-refractivity contribution >= 4 is 0 Å². The van der Waals surface area contributed by atoms with Gasteiger partial charge in [0.25, 0.3) is 0 Å². The number of nitrogens with zero attached hydrogens (tertiary/aromatic N) is 1. The van der Waals surface area contributed by atoms with Crippen molar-refractivity contribution in [3.05, 3.63) is 0 Å². The zero-order chi connectivity index (χ0) is 10.5. The van der Waals surface area contributed by atoms with E-state index in [-0.39, 0.29) is 0 Å². The average molecular weight is 210 g/mol. The Morgan fingerprint density at radius 1 is 1.13 bits per heavy atom. The van der Waals surface area contributed by atoms with Gasteiger partial charge in [0.2, 0.25) is 0 Å². The summed E-state index contributed by atoms with van der Waals surface area (Å²) in [5, 5.41) is 3.45. The second kappa shape index (κ2) is 5.86. The highest BCUT2D eigenvalue weighted by Gasteiger charge is 2.20. The topological polar surface area (TPSA) is 15.3 Å². The van der Waals surface area contributed by atoms with Crippen molar-refractivity contribution in [2.45, 2.75) is 51.0 Å². The summed E-state index contributed by atoms with van der Waals surface area (Å²) in [7, 11) is 2.29. The average Bonchev–Trinajstić information content (AvgIpc) is 2.66. The van der Waals surface area contributed by atoms with Gasteiger partial charge in [0, 0.05) is 6.04 Å². The number of nitrogens with one attached hydrogen (secondary N) is 1. The predicted molar refractivity (Wildman–Crippen MR) is 65.1 cm³/mol. The first-order chi connectivity index (χ1) is 7.36. The van der Waals surface area contributed by atoms with E-state index >= 15 is 0 Å². The van der Waals surface area contributed by atoms with Gasteiger partial charge < -0.3 is 10.2 Å². The summed E-state index contributed by atoms with van der Waals surface area (Å²) < 4.78 is 0. The molecule has 0 aromatic heterocycles. The fourth-order valence-corrected chi connectivity index (χ4v) is 3.16. The molecule has 1 unspecified atom stereocenters. The molecule has 2 nitrogen and oxygen atoms in total. The molecule has 0 spiro atoms. The molecule has 0 amide bonds. The van der Waals surface area contributed by atoms with Crippen molar-refractivity contribution in [2.24, 2.45) is 5.92 Å². The maximum atomic E-state index is 3.45. The van der Waals surface area contributed by atoms with Crippen molar-refractivity contribution in [1.82, 2.24) is 10.2 Å². The minimum Gasteiger partial charge on any atom is -0.317 e. The van der Waals surface area contributed by atoms with Crippen LogP contribution in [0.4, 0.5) is 0 Å². The smallest absolute Gasteiger partial charge is 0.00926 e. The molecule has 0 saturated carbocycles. The highest BCUT2D eigenvalue weighted by atomic mass is 15.1. The Balaban J connectivity index is 1.57. The van der Waals surface area contributed by atoms with Gasteiger partial charge in [-0.1, -0.05) is 12.8 Å². The van der Waals surface area contributed by atoms with E-state index < -0.39 is 0 Å². The Bertz CT molecular complexity index is 175. The molecule has 2 aliphatic heterocycles. The van der Waals surface area contributed by atoms with Gasteiger partial charge in [-0.2, -0.15) is 0 Å². The molecule has 2 rings (SSSR count). The molecular formula is C13H26N2. The maximum Gasteiger partial charge on any atom is 0.00926 e. The molecule has 0 aromatic rings. The molecule has 1 N–H and O–H groups in total. The van der Waals surface area contributed by atoms with Crippen LogP contribution < -0.4 is 5.32 Å². The first-order valence-electron chi connectivity index (χ1n) is 6.77. The number of rotatable bonds is 4. The van der Waals surface area contributed by atoms with Gasteiger partial charge in [-0.3, -0.25) is 0 Å². The molecule has 1 atom stereocenters. The zero-order valence-electron chi connectivity index (χ0n) is 10.2. The summed E-state index contributed by atoms with van der Waals surface area (Å²) in [4.78, 5) is 2.56. The van der Waals surface area contributed by atoms with Crippen molar-refractivity contribution in [2.75, 3.05) is 26.7 Å². The van der Waals surface area contributed by atoms with Crippen LogP contribution in [0, 0.1) is 5.92 Å².